The Hall–Kier alpha value is -2.33. The van der Waals surface area contributed by atoms with E-state index in [9.17, 15) is 4.79 Å². The van der Waals surface area contributed by atoms with Crippen LogP contribution in [-0.2, 0) is 9.47 Å². The van der Waals surface area contributed by atoms with Gasteiger partial charge in [0.05, 0.1) is 40.7 Å². The average molecular weight is 415 g/mol. The first-order valence-corrected chi connectivity index (χ1v) is 10.7. The molecule has 2 aliphatic rings. The number of ether oxygens (including phenoxy) is 2. The Labute approximate surface area is 169 Å². The smallest absolute Gasteiger partial charge is 0.261 e. The molecular weight excluding hydrogens is 396 g/mol. The van der Waals surface area contributed by atoms with Crippen LogP contribution in [0.15, 0.2) is 47.3 Å². The molecule has 2 N–H and O–H groups in total. The summed E-state index contributed by atoms with van der Waals surface area (Å²) in [5, 5.41) is 10.3. The number of rotatable bonds is 5. The first-order valence-electron chi connectivity index (χ1n) is 8.99. The first kappa shape index (κ1) is 17.7. The molecule has 0 aromatic carbocycles. The van der Waals surface area contributed by atoms with Gasteiger partial charge in [-0.25, -0.2) is 9.97 Å². The summed E-state index contributed by atoms with van der Waals surface area (Å²) in [4.78, 5) is 23.0. The number of amides is 1. The van der Waals surface area contributed by atoms with Crippen LogP contribution in [0.3, 0.4) is 0 Å². The van der Waals surface area contributed by atoms with Gasteiger partial charge in [-0.2, -0.15) is 0 Å². The van der Waals surface area contributed by atoms with Crippen LogP contribution in [0.5, 0.6) is 0 Å². The number of fused-ring (bicyclic) bond motifs is 1. The molecule has 3 aromatic heterocycles. The largest absolute Gasteiger partial charge is 0.371 e. The van der Waals surface area contributed by atoms with Gasteiger partial charge in [-0.15, -0.1) is 22.7 Å². The van der Waals surface area contributed by atoms with Crippen LogP contribution in [0.2, 0.25) is 0 Å². The molecule has 0 saturated carbocycles. The molecule has 4 atom stereocenters. The van der Waals surface area contributed by atoms with E-state index in [1.807, 2.05) is 41.1 Å². The maximum atomic E-state index is 12.3. The van der Waals surface area contributed by atoms with Crippen molar-refractivity contribution < 1.29 is 14.3 Å². The van der Waals surface area contributed by atoms with Crippen molar-refractivity contribution >= 4 is 34.5 Å². The molecule has 5 rings (SSSR count). The molecule has 0 bridgehead atoms. The molecule has 5 heterocycles. The minimum atomic E-state index is -0.179. The third-order valence-electron chi connectivity index (χ3n) is 4.86. The zero-order chi connectivity index (χ0) is 18.9. The molecule has 2 aliphatic heterocycles. The monoisotopic (exact) mass is 414 g/mol. The highest BCUT2D eigenvalue weighted by Gasteiger charge is 2.48. The fraction of sp³-hybridized carbons (Fsp3) is 0.316. The lowest BCUT2D eigenvalue weighted by atomic mass is 10.1. The molecule has 0 spiro atoms. The topological polar surface area (TPSA) is 85.4 Å². The Balaban J connectivity index is 1.24. The Morgan fingerprint density at radius 3 is 2.61 bits per heavy atom. The number of nitrogens with zero attached hydrogens (tertiary/aromatic N) is 2. The number of hydrogen-bond donors (Lipinski definition) is 2. The summed E-state index contributed by atoms with van der Waals surface area (Å²) in [6, 6.07) is 9.38. The van der Waals surface area contributed by atoms with Crippen LogP contribution in [0, 0.1) is 0 Å². The van der Waals surface area contributed by atoms with Gasteiger partial charge in [-0.1, -0.05) is 12.1 Å². The van der Waals surface area contributed by atoms with Gasteiger partial charge in [0.2, 0.25) is 5.95 Å². The fourth-order valence-electron chi connectivity index (χ4n) is 3.55. The summed E-state index contributed by atoms with van der Waals surface area (Å²) in [6.45, 7) is 0.911. The van der Waals surface area contributed by atoms with E-state index in [0.717, 1.165) is 10.6 Å². The van der Waals surface area contributed by atoms with Crippen LogP contribution in [-0.4, -0.2) is 53.4 Å². The fourth-order valence-corrected chi connectivity index (χ4v) is 4.87. The van der Waals surface area contributed by atoms with Gasteiger partial charge in [-0.05, 0) is 29.0 Å². The number of anilines is 1. The van der Waals surface area contributed by atoms with E-state index in [4.69, 9.17) is 9.47 Å². The summed E-state index contributed by atoms with van der Waals surface area (Å²) in [5.74, 6) is 0.464. The Morgan fingerprint density at radius 2 is 1.82 bits per heavy atom. The molecule has 0 unspecified atom stereocenters. The van der Waals surface area contributed by atoms with Crippen molar-refractivity contribution in [2.45, 2.75) is 24.3 Å². The predicted molar refractivity (Wildman–Crippen MR) is 108 cm³/mol. The molecule has 7 nitrogen and oxygen atoms in total. The molecule has 28 heavy (non-hydrogen) atoms. The second-order valence-electron chi connectivity index (χ2n) is 6.65. The van der Waals surface area contributed by atoms with Gasteiger partial charge in [-0.3, -0.25) is 4.79 Å². The van der Waals surface area contributed by atoms with E-state index in [2.05, 4.69) is 20.6 Å². The number of thiophene rings is 2. The summed E-state index contributed by atoms with van der Waals surface area (Å²) >= 11 is 3.06. The van der Waals surface area contributed by atoms with E-state index < -0.39 is 0 Å². The minimum Gasteiger partial charge on any atom is -0.371 e. The van der Waals surface area contributed by atoms with Gasteiger partial charge in [0.25, 0.3) is 5.91 Å². The lowest BCUT2D eigenvalue weighted by Gasteiger charge is -2.18. The Morgan fingerprint density at radius 1 is 1.04 bits per heavy atom. The van der Waals surface area contributed by atoms with Crippen LogP contribution >= 0.6 is 22.7 Å². The lowest BCUT2D eigenvalue weighted by Crippen LogP contribution is -2.44. The molecule has 3 aromatic rings. The highest BCUT2D eigenvalue weighted by atomic mass is 32.1. The molecule has 2 saturated heterocycles. The molecule has 144 valence electrons. The molecule has 2 fully saturated rings. The van der Waals surface area contributed by atoms with Crippen molar-refractivity contribution in [2.24, 2.45) is 0 Å². The number of hydrogen-bond acceptors (Lipinski definition) is 8. The SMILES string of the molecule is O=C(N[C@H]1CO[C@H]2[C@@H]1OC[C@@H]2Nc1nccc(-c2cccs2)n1)c1cccs1. The maximum Gasteiger partial charge on any atom is 0.261 e. The first-order chi connectivity index (χ1) is 13.8. The van der Waals surface area contributed by atoms with Crippen molar-refractivity contribution in [1.82, 2.24) is 15.3 Å². The normalized spacial score (nSPS) is 26.1. The number of aromatic nitrogens is 2. The molecule has 0 radical (unpaired) electrons. The standard InChI is InChI=1S/C19H18N4O3S2/c24-18(15-4-2-8-28-15)21-12-9-25-17-13(10-26-16(12)17)23-19-20-6-5-11(22-19)14-3-1-7-27-14/h1-8,12-13,16-17H,9-10H2,(H,21,24)(H,20,22,23)/t12-,13-,16+,17+/m0/s1. The van der Waals surface area contributed by atoms with E-state index in [1.165, 1.54) is 11.3 Å². The zero-order valence-electron chi connectivity index (χ0n) is 14.8. The van der Waals surface area contributed by atoms with E-state index in [0.29, 0.717) is 24.0 Å². The van der Waals surface area contributed by atoms with Crippen LogP contribution in [0.1, 0.15) is 9.67 Å². The quantitative estimate of drug-likeness (QED) is 0.668. The van der Waals surface area contributed by atoms with Gasteiger partial charge in [0, 0.05) is 6.20 Å². The molecular formula is C19H18N4O3S2. The van der Waals surface area contributed by atoms with Crippen molar-refractivity contribution in [3.8, 4) is 10.6 Å². The highest BCUT2D eigenvalue weighted by Crippen LogP contribution is 2.29. The number of carbonyl (C=O) groups is 1. The highest BCUT2D eigenvalue weighted by molar-refractivity contribution is 7.13. The average Bonchev–Trinajstić information content (AvgIpc) is 3.50. The molecule has 1 amide bonds. The Bertz CT molecular complexity index is 948. The summed E-state index contributed by atoms with van der Waals surface area (Å²) in [5.41, 5.74) is 0.886. The molecule has 9 heteroatoms. The summed E-state index contributed by atoms with van der Waals surface area (Å²) in [6.07, 6.45) is 1.42. The summed E-state index contributed by atoms with van der Waals surface area (Å²) in [7, 11) is 0. The number of nitrogens with one attached hydrogen (secondary N) is 2. The van der Waals surface area contributed by atoms with E-state index >= 15 is 0 Å². The predicted octanol–water partition coefficient (Wildman–Crippen LogP) is 2.64. The zero-order valence-corrected chi connectivity index (χ0v) is 16.4. The lowest BCUT2D eigenvalue weighted by molar-refractivity contribution is 0.0652. The minimum absolute atomic E-state index is 0.0628. The van der Waals surface area contributed by atoms with Gasteiger partial charge in [0.1, 0.15) is 12.2 Å². The summed E-state index contributed by atoms with van der Waals surface area (Å²) < 4.78 is 11.9. The number of carbonyl (C=O) groups excluding carboxylic acids is 1. The maximum absolute atomic E-state index is 12.3. The third-order valence-corrected chi connectivity index (χ3v) is 6.62. The van der Waals surface area contributed by atoms with Crippen molar-refractivity contribution in [2.75, 3.05) is 18.5 Å². The second-order valence-corrected chi connectivity index (χ2v) is 8.54. The second kappa shape index (κ2) is 7.59. The third kappa shape index (κ3) is 3.42. The van der Waals surface area contributed by atoms with Gasteiger partial charge >= 0.3 is 0 Å². The van der Waals surface area contributed by atoms with Crippen molar-refractivity contribution in [3.05, 3.63) is 52.2 Å². The van der Waals surface area contributed by atoms with Crippen LogP contribution in [0.25, 0.3) is 10.6 Å². The molecule has 0 aliphatic carbocycles. The van der Waals surface area contributed by atoms with Crippen LogP contribution in [0.4, 0.5) is 5.95 Å². The van der Waals surface area contributed by atoms with E-state index in [1.54, 1.807) is 17.5 Å². The van der Waals surface area contributed by atoms with Gasteiger partial charge in [0.15, 0.2) is 0 Å². The van der Waals surface area contributed by atoms with Gasteiger partial charge < -0.3 is 20.1 Å². The van der Waals surface area contributed by atoms with Crippen molar-refractivity contribution in [3.63, 3.8) is 0 Å². The van der Waals surface area contributed by atoms with Crippen LogP contribution < -0.4 is 10.6 Å². The Kier molecular flexibility index (Phi) is 4.81. The van der Waals surface area contributed by atoms with E-state index in [-0.39, 0.29) is 30.2 Å². The van der Waals surface area contributed by atoms with Crippen molar-refractivity contribution in [1.29, 1.82) is 0 Å².